The number of likely N-dealkylation sites (tertiary alicyclic amines) is 1. The van der Waals surface area contributed by atoms with Gasteiger partial charge < -0.3 is 14.6 Å². The second-order valence-corrected chi connectivity index (χ2v) is 8.68. The minimum absolute atomic E-state index is 0.0227. The minimum atomic E-state index is -1.03. The number of hydrogen-bond acceptors (Lipinski definition) is 6. The van der Waals surface area contributed by atoms with E-state index < -0.39 is 47.7 Å². The Morgan fingerprint density at radius 2 is 1.88 bits per heavy atom. The predicted octanol–water partition coefficient (Wildman–Crippen LogP) is 3.16. The average molecular weight is 441 g/mol. The second kappa shape index (κ2) is 9.14. The van der Waals surface area contributed by atoms with Gasteiger partial charge in [0.1, 0.15) is 13.2 Å². The summed E-state index contributed by atoms with van der Waals surface area (Å²) in [6, 6.07) is 8.27. The summed E-state index contributed by atoms with van der Waals surface area (Å²) >= 11 is 0. The van der Waals surface area contributed by atoms with Crippen LogP contribution in [0.25, 0.3) is 0 Å². The van der Waals surface area contributed by atoms with Crippen LogP contribution in [0.1, 0.15) is 38.2 Å². The van der Waals surface area contributed by atoms with Gasteiger partial charge in [-0.25, -0.2) is 9.69 Å². The first-order chi connectivity index (χ1) is 15.4. The second-order valence-electron chi connectivity index (χ2n) is 8.68. The van der Waals surface area contributed by atoms with E-state index in [4.69, 9.17) is 9.47 Å². The molecule has 1 aliphatic heterocycles. The lowest BCUT2D eigenvalue weighted by molar-refractivity contribution is -0.150. The highest BCUT2D eigenvalue weighted by Gasteiger charge is 2.59. The van der Waals surface area contributed by atoms with Gasteiger partial charge in [0.15, 0.2) is 0 Å². The van der Waals surface area contributed by atoms with Crippen molar-refractivity contribution in [3.8, 4) is 0 Å². The Labute approximate surface area is 186 Å². The molecule has 0 bridgehead atoms. The molecule has 1 aromatic rings. The maximum absolute atomic E-state index is 13.4. The highest BCUT2D eigenvalue weighted by molar-refractivity contribution is 5.98. The number of nitrogens with zero attached hydrogens (tertiary/aromatic N) is 1. The Kier molecular flexibility index (Phi) is 6.30. The molecule has 0 radical (unpaired) electrons. The number of benzene rings is 1. The van der Waals surface area contributed by atoms with Crippen molar-refractivity contribution in [1.29, 1.82) is 0 Å². The van der Waals surface area contributed by atoms with E-state index in [9.17, 15) is 24.3 Å². The molecule has 4 rings (SSSR count). The Balaban J connectivity index is 1.64. The highest BCUT2D eigenvalue weighted by Crippen LogP contribution is 2.50. The Bertz CT molecular complexity index is 941. The molecule has 3 aliphatic rings. The third-order valence-electron chi connectivity index (χ3n) is 6.79. The number of aliphatic carboxylic acids is 1. The van der Waals surface area contributed by atoms with E-state index in [1.165, 1.54) is 6.92 Å². The van der Waals surface area contributed by atoms with Gasteiger partial charge in [-0.15, -0.1) is 0 Å². The van der Waals surface area contributed by atoms with Gasteiger partial charge in [0.05, 0.1) is 17.9 Å². The van der Waals surface area contributed by atoms with Gasteiger partial charge in [-0.3, -0.25) is 14.4 Å². The fourth-order valence-electron chi connectivity index (χ4n) is 5.41. The predicted molar refractivity (Wildman–Crippen MR) is 112 cm³/mol. The number of imide groups is 1. The number of esters is 1. The Hall–Kier alpha value is -3.16. The minimum Gasteiger partial charge on any atom is -0.481 e. The normalized spacial score (nSPS) is 28.9. The standard InChI is InChI=1S/C24H27NO7/c1-14(26)31-13-19-18-11-16-9-5-6-10-17(16)21(23(28)29)20(18)22(27)25(19)24(30)32-12-15-7-3-2-4-8-15/h2-4,7-8,11,17-21H,5-6,9-10,12-13H2,1H3,(H,28,29)/t17-,18-,19-,20+,21-/m1/s1. The monoisotopic (exact) mass is 441 g/mol. The average Bonchev–Trinajstić information content (AvgIpc) is 3.06. The zero-order valence-electron chi connectivity index (χ0n) is 17.9. The number of carboxylic acids is 1. The van der Waals surface area contributed by atoms with Crippen LogP contribution < -0.4 is 0 Å². The number of rotatable bonds is 5. The fourth-order valence-corrected chi connectivity index (χ4v) is 5.41. The van der Waals surface area contributed by atoms with Gasteiger partial charge in [-0.2, -0.15) is 0 Å². The summed E-state index contributed by atoms with van der Waals surface area (Å²) in [7, 11) is 0. The molecular weight excluding hydrogens is 414 g/mol. The largest absolute Gasteiger partial charge is 0.481 e. The Morgan fingerprint density at radius 1 is 1.12 bits per heavy atom. The summed E-state index contributed by atoms with van der Waals surface area (Å²) in [4.78, 5) is 51.1. The van der Waals surface area contributed by atoms with Gasteiger partial charge in [-0.05, 0) is 30.7 Å². The third kappa shape index (κ3) is 4.13. The first-order valence-electron chi connectivity index (χ1n) is 11.0. The summed E-state index contributed by atoms with van der Waals surface area (Å²) in [6.07, 6.45) is 4.49. The van der Waals surface area contributed by atoms with Crippen molar-refractivity contribution >= 4 is 23.9 Å². The van der Waals surface area contributed by atoms with Crippen molar-refractivity contribution in [2.75, 3.05) is 6.61 Å². The van der Waals surface area contributed by atoms with Gasteiger partial charge in [0, 0.05) is 12.8 Å². The molecule has 2 aliphatic carbocycles. The molecule has 5 atom stereocenters. The third-order valence-corrected chi connectivity index (χ3v) is 6.79. The van der Waals surface area contributed by atoms with Crippen LogP contribution in [0.5, 0.6) is 0 Å². The van der Waals surface area contributed by atoms with Gasteiger partial charge in [0.25, 0.3) is 0 Å². The molecular formula is C24H27NO7. The molecule has 170 valence electrons. The number of amides is 2. The van der Waals surface area contributed by atoms with E-state index in [-0.39, 0.29) is 19.1 Å². The molecule has 2 amide bonds. The van der Waals surface area contributed by atoms with Gasteiger partial charge in [0.2, 0.25) is 5.91 Å². The van der Waals surface area contributed by atoms with Crippen LogP contribution in [-0.2, 0) is 30.5 Å². The number of ether oxygens (including phenoxy) is 2. The zero-order valence-corrected chi connectivity index (χ0v) is 17.9. The molecule has 8 nitrogen and oxygen atoms in total. The van der Waals surface area contributed by atoms with E-state index in [1.807, 2.05) is 24.3 Å². The van der Waals surface area contributed by atoms with Gasteiger partial charge >= 0.3 is 18.0 Å². The quantitative estimate of drug-likeness (QED) is 0.552. The van der Waals surface area contributed by atoms with Crippen molar-refractivity contribution in [2.45, 2.75) is 45.3 Å². The summed E-state index contributed by atoms with van der Waals surface area (Å²) in [5, 5.41) is 10.0. The van der Waals surface area contributed by atoms with Crippen molar-refractivity contribution < 1.29 is 33.8 Å². The fraction of sp³-hybridized carbons (Fsp3) is 0.500. The molecule has 2 fully saturated rings. The van der Waals surface area contributed by atoms with E-state index >= 15 is 0 Å². The smallest absolute Gasteiger partial charge is 0.417 e. The van der Waals surface area contributed by atoms with Crippen molar-refractivity contribution in [3.05, 3.63) is 47.5 Å². The van der Waals surface area contributed by atoms with Crippen LogP contribution in [0, 0.1) is 23.7 Å². The molecule has 1 heterocycles. The molecule has 1 saturated carbocycles. The summed E-state index contributed by atoms with van der Waals surface area (Å²) in [6.45, 7) is 1.04. The molecule has 0 aromatic heterocycles. The molecule has 8 heteroatoms. The van der Waals surface area contributed by atoms with E-state index in [0.29, 0.717) is 6.42 Å². The van der Waals surface area contributed by atoms with Crippen molar-refractivity contribution in [1.82, 2.24) is 4.90 Å². The van der Waals surface area contributed by atoms with Crippen LogP contribution >= 0.6 is 0 Å². The van der Waals surface area contributed by atoms with E-state index in [2.05, 4.69) is 0 Å². The lowest BCUT2D eigenvalue weighted by Gasteiger charge is -2.39. The lowest BCUT2D eigenvalue weighted by atomic mass is 9.63. The molecule has 1 N–H and O–H groups in total. The number of carbonyl (C=O) groups is 4. The topological polar surface area (TPSA) is 110 Å². The maximum atomic E-state index is 13.4. The van der Waals surface area contributed by atoms with E-state index in [1.54, 1.807) is 12.1 Å². The molecule has 0 spiro atoms. The summed E-state index contributed by atoms with van der Waals surface area (Å²) < 4.78 is 10.6. The van der Waals surface area contributed by atoms with Gasteiger partial charge in [-0.1, -0.05) is 48.4 Å². The highest BCUT2D eigenvalue weighted by atomic mass is 16.6. The SMILES string of the molecule is CC(=O)OC[C@@H]1[C@H]2C=C3CCCC[C@H]3[C@@H](C(=O)O)[C@H]2C(=O)N1C(=O)OCc1ccccc1. The summed E-state index contributed by atoms with van der Waals surface area (Å²) in [5.74, 6) is -4.66. The lowest BCUT2D eigenvalue weighted by Crippen LogP contribution is -2.43. The number of carbonyl (C=O) groups excluding carboxylic acids is 3. The van der Waals surface area contributed by atoms with Crippen LogP contribution in [0.15, 0.2) is 42.0 Å². The number of fused-ring (bicyclic) bond motifs is 2. The number of carboxylic acid groups (broad SMARTS) is 1. The molecule has 32 heavy (non-hydrogen) atoms. The van der Waals surface area contributed by atoms with E-state index in [0.717, 1.165) is 35.3 Å². The van der Waals surface area contributed by atoms with Crippen molar-refractivity contribution in [2.24, 2.45) is 23.7 Å². The summed E-state index contributed by atoms with van der Waals surface area (Å²) in [5.41, 5.74) is 1.79. The van der Waals surface area contributed by atoms with Crippen LogP contribution in [0.3, 0.4) is 0 Å². The number of hydrogen-bond donors (Lipinski definition) is 1. The Morgan fingerprint density at radius 3 is 2.56 bits per heavy atom. The molecule has 0 unspecified atom stereocenters. The zero-order chi connectivity index (χ0) is 22.8. The van der Waals surface area contributed by atoms with Crippen molar-refractivity contribution in [3.63, 3.8) is 0 Å². The first kappa shape index (κ1) is 22.0. The number of allylic oxidation sites excluding steroid dienone is 1. The molecule has 1 saturated heterocycles. The first-order valence-corrected chi connectivity index (χ1v) is 11.0. The maximum Gasteiger partial charge on any atom is 0.417 e. The molecule has 1 aromatic carbocycles. The van der Waals surface area contributed by atoms with Crippen LogP contribution in [0.2, 0.25) is 0 Å². The van der Waals surface area contributed by atoms with Crippen LogP contribution in [-0.4, -0.2) is 46.6 Å². The van der Waals surface area contributed by atoms with Crippen LogP contribution in [0.4, 0.5) is 4.79 Å².